The fourth-order valence-corrected chi connectivity index (χ4v) is 4.03. The number of hydrogen-bond acceptors (Lipinski definition) is 6. The van der Waals surface area contributed by atoms with Crippen LogP contribution in [0, 0.1) is 13.8 Å². The van der Waals surface area contributed by atoms with Crippen LogP contribution in [0.5, 0.6) is 5.75 Å². The van der Waals surface area contributed by atoms with Gasteiger partial charge in [0.1, 0.15) is 18.1 Å². The van der Waals surface area contributed by atoms with Crippen molar-refractivity contribution in [3.8, 4) is 5.75 Å². The smallest absolute Gasteiger partial charge is 0.265 e. The van der Waals surface area contributed by atoms with Crippen LogP contribution in [0.4, 0.5) is 5.69 Å². The van der Waals surface area contributed by atoms with Gasteiger partial charge in [-0.3, -0.25) is 19.4 Å². The van der Waals surface area contributed by atoms with E-state index in [1.807, 2.05) is 30.9 Å². The minimum absolute atomic E-state index is 0.0285. The Kier molecular flexibility index (Phi) is 5.60. The van der Waals surface area contributed by atoms with Gasteiger partial charge in [-0.1, -0.05) is 21.1 Å². The molecular formula is C20H23BrN4O4. The molecule has 1 aromatic carbocycles. The lowest BCUT2D eigenvalue weighted by Gasteiger charge is -2.36. The first-order valence-corrected chi connectivity index (χ1v) is 10.4. The highest BCUT2D eigenvalue weighted by atomic mass is 79.9. The molecule has 29 heavy (non-hydrogen) atoms. The highest BCUT2D eigenvalue weighted by molar-refractivity contribution is 9.10. The molecule has 0 spiro atoms. The topological polar surface area (TPSA) is 79.1 Å². The molecule has 0 radical (unpaired) electrons. The van der Waals surface area contributed by atoms with Gasteiger partial charge in [-0.25, -0.2) is 0 Å². The summed E-state index contributed by atoms with van der Waals surface area (Å²) in [6.07, 6.45) is 0. The lowest BCUT2D eigenvalue weighted by atomic mass is 10.1. The zero-order valence-electron chi connectivity index (χ0n) is 16.5. The first-order chi connectivity index (χ1) is 13.9. The van der Waals surface area contributed by atoms with Crippen molar-refractivity contribution in [2.24, 2.45) is 0 Å². The van der Waals surface area contributed by atoms with E-state index in [2.05, 4.69) is 26.0 Å². The number of piperazine rings is 1. The van der Waals surface area contributed by atoms with Crippen molar-refractivity contribution >= 4 is 33.4 Å². The van der Waals surface area contributed by atoms with E-state index in [9.17, 15) is 9.59 Å². The van der Waals surface area contributed by atoms with Crippen molar-refractivity contribution in [3.63, 3.8) is 0 Å². The summed E-state index contributed by atoms with van der Waals surface area (Å²) in [6.45, 7) is 7.43. The number of aromatic nitrogens is 1. The molecular weight excluding hydrogens is 440 g/mol. The highest BCUT2D eigenvalue weighted by Gasteiger charge is 2.30. The van der Waals surface area contributed by atoms with Gasteiger partial charge >= 0.3 is 0 Å². The van der Waals surface area contributed by atoms with E-state index in [1.54, 1.807) is 6.07 Å². The van der Waals surface area contributed by atoms with E-state index in [1.165, 1.54) is 4.90 Å². The van der Waals surface area contributed by atoms with Crippen molar-refractivity contribution < 1.29 is 18.8 Å². The molecule has 1 fully saturated rings. The number of nitrogens with zero attached hydrogens (tertiary/aromatic N) is 4. The number of amides is 2. The maximum Gasteiger partial charge on any atom is 0.265 e. The second-order valence-electron chi connectivity index (χ2n) is 7.34. The summed E-state index contributed by atoms with van der Waals surface area (Å²) < 4.78 is 11.6. The Hall–Kier alpha value is -2.39. The van der Waals surface area contributed by atoms with Gasteiger partial charge in [0.2, 0.25) is 5.91 Å². The summed E-state index contributed by atoms with van der Waals surface area (Å²) in [4.78, 5) is 30.8. The van der Waals surface area contributed by atoms with Crippen LogP contribution in [0.2, 0.25) is 0 Å². The molecule has 2 amide bonds. The Morgan fingerprint density at radius 1 is 1.21 bits per heavy atom. The SMILES string of the molecule is Cc1noc(C)c1CN1CCN(C(=O)CN2C(=O)COc3cc(Br)ccc32)CC1. The third-order valence-corrected chi connectivity index (χ3v) is 5.94. The summed E-state index contributed by atoms with van der Waals surface area (Å²) in [6, 6.07) is 5.45. The molecule has 0 saturated carbocycles. The Labute approximate surface area is 177 Å². The molecule has 4 rings (SSSR count). The number of benzene rings is 1. The molecule has 8 nitrogen and oxygen atoms in total. The zero-order chi connectivity index (χ0) is 20.5. The van der Waals surface area contributed by atoms with Crippen molar-refractivity contribution in [1.82, 2.24) is 15.0 Å². The summed E-state index contributed by atoms with van der Waals surface area (Å²) in [7, 11) is 0. The third-order valence-electron chi connectivity index (χ3n) is 5.45. The lowest BCUT2D eigenvalue weighted by Crippen LogP contribution is -2.52. The quantitative estimate of drug-likeness (QED) is 0.692. The Balaban J connectivity index is 1.36. The van der Waals surface area contributed by atoms with Gasteiger partial charge in [0.05, 0.1) is 11.4 Å². The third kappa shape index (κ3) is 4.16. The second kappa shape index (κ2) is 8.16. The number of hydrogen-bond donors (Lipinski definition) is 0. The Morgan fingerprint density at radius 2 is 1.97 bits per heavy atom. The van der Waals surface area contributed by atoms with Crippen LogP contribution >= 0.6 is 15.9 Å². The average Bonchev–Trinajstić information content (AvgIpc) is 3.02. The Bertz CT molecular complexity index is 917. The molecule has 0 aliphatic carbocycles. The molecule has 0 N–H and O–H groups in total. The van der Waals surface area contributed by atoms with Crippen LogP contribution in [0.15, 0.2) is 27.2 Å². The molecule has 154 valence electrons. The van der Waals surface area contributed by atoms with Crippen molar-refractivity contribution in [1.29, 1.82) is 0 Å². The summed E-state index contributed by atoms with van der Waals surface area (Å²) in [5.74, 6) is 1.20. The largest absolute Gasteiger partial charge is 0.482 e. The fraction of sp³-hybridized carbons (Fsp3) is 0.450. The van der Waals surface area contributed by atoms with Gasteiger partial charge in [0.15, 0.2) is 6.61 Å². The number of aryl methyl sites for hydroxylation is 2. The van der Waals surface area contributed by atoms with Crippen LogP contribution in [0.3, 0.4) is 0 Å². The molecule has 1 saturated heterocycles. The monoisotopic (exact) mass is 462 g/mol. The molecule has 3 heterocycles. The van der Waals surface area contributed by atoms with E-state index in [-0.39, 0.29) is 25.0 Å². The number of carbonyl (C=O) groups excluding carboxylic acids is 2. The van der Waals surface area contributed by atoms with Crippen LogP contribution in [0.25, 0.3) is 0 Å². The predicted octanol–water partition coefficient (Wildman–Crippen LogP) is 2.12. The van der Waals surface area contributed by atoms with E-state index in [4.69, 9.17) is 9.26 Å². The second-order valence-corrected chi connectivity index (χ2v) is 8.26. The first kappa shape index (κ1) is 19.9. The minimum Gasteiger partial charge on any atom is -0.482 e. The fourth-order valence-electron chi connectivity index (χ4n) is 3.69. The normalized spacial score (nSPS) is 17.3. The molecule has 0 unspecified atom stereocenters. The van der Waals surface area contributed by atoms with E-state index >= 15 is 0 Å². The highest BCUT2D eigenvalue weighted by Crippen LogP contribution is 2.34. The molecule has 2 aliphatic rings. The van der Waals surface area contributed by atoms with Gasteiger partial charge in [-0.2, -0.15) is 0 Å². The molecule has 2 aliphatic heterocycles. The summed E-state index contributed by atoms with van der Waals surface area (Å²) >= 11 is 3.40. The van der Waals surface area contributed by atoms with Crippen LogP contribution in [-0.4, -0.2) is 66.1 Å². The molecule has 0 bridgehead atoms. The van der Waals surface area contributed by atoms with E-state index < -0.39 is 0 Å². The zero-order valence-corrected chi connectivity index (χ0v) is 18.1. The van der Waals surface area contributed by atoms with E-state index in [0.29, 0.717) is 24.5 Å². The van der Waals surface area contributed by atoms with Gasteiger partial charge in [0.25, 0.3) is 5.91 Å². The van der Waals surface area contributed by atoms with E-state index in [0.717, 1.165) is 41.1 Å². The molecule has 0 atom stereocenters. The summed E-state index contributed by atoms with van der Waals surface area (Å²) in [5.41, 5.74) is 2.67. The minimum atomic E-state index is -0.204. The van der Waals surface area contributed by atoms with Crippen molar-refractivity contribution in [2.75, 3.05) is 44.2 Å². The van der Waals surface area contributed by atoms with Crippen LogP contribution in [-0.2, 0) is 16.1 Å². The van der Waals surface area contributed by atoms with Gasteiger partial charge in [-0.05, 0) is 32.0 Å². The van der Waals surface area contributed by atoms with Crippen molar-refractivity contribution in [2.45, 2.75) is 20.4 Å². The van der Waals surface area contributed by atoms with Crippen molar-refractivity contribution in [3.05, 3.63) is 39.7 Å². The number of ether oxygens (including phenoxy) is 1. The van der Waals surface area contributed by atoms with Gasteiger partial charge < -0.3 is 14.2 Å². The lowest BCUT2D eigenvalue weighted by molar-refractivity contribution is -0.133. The maximum atomic E-state index is 12.9. The average molecular weight is 463 g/mol. The number of anilines is 1. The predicted molar refractivity (Wildman–Crippen MR) is 110 cm³/mol. The number of rotatable bonds is 4. The Morgan fingerprint density at radius 3 is 2.66 bits per heavy atom. The first-order valence-electron chi connectivity index (χ1n) is 9.57. The summed E-state index contributed by atoms with van der Waals surface area (Å²) in [5, 5.41) is 4.00. The number of carbonyl (C=O) groups is 2. The van der Waals surface area contributed by atoms with Crippen LogP contribution < -0.4 is 9.64 Å². The molecule has 2 aromatic rings. The maximum absolute atomic E-state index is 12.9. The number of fused-ring (bicyclic) bond motifs is 1. The standard InChI is InChI=1S/C20H23BrN4O4/c1-13-16(14(2)29-22-13)10-23-5-7-24(8-6-23)19(26)11-25-17-4-3-15(21)9-18(17)28-12-20(25)27/h3-4,9H,5-8,10-12H2,1-2H3. The van der Waals surface area contributed by atoms with Gasteiger partial charge in [-0.15, -0.1) is 0 Å². The molecule has 9 heteroatoms. The van der Waals surface area contributed by atoms with Gasteiger partial charge in [0, 0.05) is 42.8 Å². The molecule has 1 aromatic heterocycles. The van der Waals surface area contributed by atoms with Crippen LogP contribution in [0.1, 0.15) is 17.0 Å². The number of halogens is 1.